The maximum absolute atomic E-state index is 11.8. The Bertz CT molecular complexity index is 748. The van der Waals surface area contributed by atoms with Crippen LogP contribution in [0.15, 0.2) is 48.5 Å². The SMILES string of the molecule is N[C@H](C(=O)OC(=O)OCc1ccccc1)C(O)c1ccc(O)c(O)c1. The molecule has 1 unspecified atom stereocenters. The quantitative estimate of drug-likeness (QED) is 0.361. The Hall–Kier alpha value is -3.10. The number of carbonyl (C=O) groups is 2. The van der Waals surface area contributed by atoms with E-state index in [0.29, 0.717) is 5.56 Å². The average molecular weight is 347 g/mol. The van der Waals surface area contributed by atoms with Crippen molar-refractivity contribution in [3.8, 4) is 11.5 Å². The molecule has 2 aromatic carbocycles. The van der Waals surface area contributed by atoms with Gasteiger partial charge in [-0.2, -0.15) is 0 Å². The number of hydrogen-bond donors (Lipinski definition) is 4. The standard InChI is InChI=1S/C17H17NO7/c18-14(15(21)11-6-7-12(19)13(20)8-11)16(22)25-17(23)24-9-10-4-2-1-3-5-10/h1-8,14-15,19-21H,9,18H2/t14-,15?/m0/s1. The van der Waals surface area contributed by atoms with E-state index in [9.17, 15) is 24.9 Å². The molecule has 0 bridgehead atoms. The number of nitrogens with two attached hydrogens (primary N) is 1. The Kier molecular flexibility index (Phi) is 5.93. The van der Waals surface area contributed by atoms with E-state index in [1.165, 1.54) is 6.07 Å². The highest BCUT2D eigenvalue weighted by molar-refractivity contribution is 5.86. The van der Waals surface area contributed by atoms with Gasteiger partial charge in [-0.1, -0.05) is 36.4 Å². The zero-order valence-corrected chi connectivity index (χ0v) is 13.0. The second kappa shape index (κ2) is 8.13. The Morgan fingerprint density at radius 3 is 2.36 bits per heavy atom. The molecular formula is C17H17NO7. The van der Waals surface area contributed by atoms with Crippen LogP contribution in [0.1, 0.15) is 17.2 Å². The highest BCUT2D eigenvalue weighted by atomic mass is 16.7. The first-order chi connectivity index (χ1) is 11.9. The molecule has 2 atom stereocenters. The lowest BCUT2D eigenvalue weighted by Gasteiger charge is -2.17. The van der Waals surface area contributed by atoms with Crippen LogP contribution >= 0.6 is 0 Å². The van der Waals surface area contributed by atoms with Crippen molar-refractivity contribution in [2.75, 3.05) is 0 Å². The van der Waals surface area contributed by atoms with Crippen molar-refractivity contribution < 1.29 is 34.4 Å². The number of aromatic hydroxyl groups is 2. The van der Waals surface area contributed by atoms with Gasteiger partial charge in [-0.05, 0) is 23.3 Å². The number of phenols is 2. The van der Waals surface area contributed by atoms with Crippen LogP contribution in [0.3, 0.4) is 0 Å². The van der Waals surface area contributed by atoms with Gasteiger partial charge in [0, 0.05) is 0 Å². The molecule has 0 aliphatic rings. The Morgan fingerprint density at radius 1 is 1.04 bits per heavy atom. The molecule has 132 valence electrons. The molecule has 2 aromatic rings. The number of aliphatic hydroxyl groups is 1. The van der Waals surface area contributed by atoms with Crippen molar-refractivity contribution in [3.63, 3.8) is 0 Å². The van der Waals surface area contributed by atoms with Crippen molar-refractivity contribution in [2.45, 2.75) is 18.8 Å². The molecule has 0 aliphatic carbocycles. The van der Waals surface area contributed by atoms with Crippen molar-refractivity contribution in [2.24, 2.45) is 5.73 Å². The highest BCUT2D eigenvalue weighted by Gasteiger charge is 2.28. The monoisotopic (exact) mass is 347 g/mol. The number of esters is 1. The number of ether oxygens (including phenoxy) is 2. The molecule has 0 radical (unpaired) electrons. The number of benzene rings is 2. The van der Waals surface area contributed by atoms with Gasteiger partial charge in [0.2, 0.25) is 0 Å². The molecule has 0 saturated carbocycles. The van der Waals surface area contributed by atoms with Gasteiger partial charge in [0.15, 0.2) is 11.5 Å². The van der Waals surface area contributed by atoms with Gasteiger partial charge in [0.05, 0.1) is 0 Å². The Labute approximate surface area is 143 Å². The van der Waals surface area contributed by atoms with Crippen LogP contribution in [-0.4, -0.2) is 33.5 Å². The summed E-state index contributed by atoms with van der Waals surface area (Å²) in [5, 5.41) is 28.7. The fourth-order valence-corrected chi connectivity index (χ4v) is 1.96. The van der Waals surface area contributed by atoms with Crippen LogP contribution in [0.4, 0.5) is 4.79 Å². The smallest absolute Gasteiger partial charge is 0.504 e. The summed E-state index contributed by atoms with van der Waals surface area (Å²) in [5.74, 6) is -2.07. The molecule has 2 rings (SSSR count). The third kappa shape index (κ3) is 4.93. The zero-order chi connectivity index (χ0) is 18.4. The summed E-state index contributed by atoms with van der Waals surface area (Å²) in [6.45, 7) is -0.0867. The first kappa shape index (κ1) is 18.2. The third-order valence-corrected chi connectivity index (χ3v) is 3.34. The van der Waals surface area contributed by atoms with Gasteiger partial charge in [-0.25, -0.2) is 9.59 Å². The van der Waals surface area contributed by atoms with E-state index in [1.807, 2.05) is 0 Å². The fourth-order valence-electron chi connectivity index (χ4n) is 1.96. The molecule has 0 fully saturated rings. The number of hydrogen-bond acceptors (Lipinski definition) is 8. The number of carbonyl (C=O) groups excluding carboxylic acids is 2. The third-order valence-electron chi connectivity index (χ3n) is 3.34. The van der Waals surface area contributed by atoms with E-state index >= 15 is 0 Å². The minimum atomic E-state index is -1.59. The molecular weight excluding hydrogens is 330 g/mol. The summed E-state index contributed by atoms with van der Waals surface area (Å²) in [6.07, 6.45) is -2.80. The van der Waals surface area contributed by atoms with E-state index in [1.54, 1.807) is 30.3 Å². The summed E-state index contributed by atoms with van der Waals surface area (Å²) < 4.78 is 9.21. The van der Waals surface area contributed by atoms with Crippen molar-refractivity contribution >= 4 is 12.1 Å². The van der Waals surface area contributed by atoms with Crippen LogP contribution in [0, 0.1) is 0 Å². The molecule has 0 spiro atoms. The summed E-state index contributed by atoms with van der Waals surface area (Å²) in [4.78, 5) is 23.3. The minimum Gasteiger partial charge on any atom is -0.504 e. The van der Waals surface area contributed by atoms with Gasteiger partial charge >= 0.3 is 12.1 Å². The lowest BCUT2D eigenvalue weighted by Crippen LogP contribution is -2.39. The van der Waals surface area contributed by atoms with E-state index in [2.05, 4.69) is 4.74 Å². The molecule has 8 heteroatoms. The van der Waals surface area contributed by atoms with Crippen LogP contribution < -0.4 is 5.73 Å². The van der Waals surface area contributed by atoms with Gasteiger partial charge in [-0.15, -0.1) is 0 Å². The van der Waals surface area contributed by atoms with Crippen molar-refractivity contribution in [3.05, 3.63) is 59.7 Å². The van der Waals surface area contributed by atoms with Gasteiger partial charge in [0.25, 0.3) is 0 Å². The largest absolute Gasteiger partial charge is 0.516 e. The second-order valence-electron chi connectivity index (χ2n) is 5.16. The van der Waals surface area contributed by atoms with E-state index in [0.717, 1.165) is 12.1 Å². The maximum Gasteiger partial charge on any atom is 0.516 e. The summed E-state index contributed by atoms with van der Waals surface area (Å²) in [7, 11) is 0. The minimum absolute atomic E-state index is 0.0670. The zero-order valence-electron chi connectivity index (χ0n) is 13.0. The first-order valence-corrected chi connectivity index (χ1v) is 7.26. The molecule has 0 amide bonds. The van der Waals surface area contributed by atoms with Crippen LogP contribution in [0.5, 0.6) is 11.5 Å². The molecule has 25 heavy (non-hydrogen) atoms. The van der Waals surface area contributed by atoms with Crippen LogP contribution in [0.2, 0.25) is 0 Å². The Balaban J connectivity index is 1.90. The average Bonchev–Trinajstić information content (AvgIpc) is 2.61. The predicted molar refractivity (Wildman–Crippen MR) is 85.4 cm³/mol. The summed E-state index contributed by atoms with van der Waals surface area (Å²) in [5.41, 5.74) is 6.33. The highest BCUT2D eigenvalue weighted by Crippen LogP contribution is 2.28. The predicted octanol–water partition coefficient (Wildman–Crippen LogP) is 1.34. The van der Waals surface area contributed by atoms with Gasteiger partial charge in [-0.3, -0.25) is 0 Å². The number of rotatable bonds is 5. The number of aliphatic hydroxyl groups excluding tert-OH is 1. The van der Waals surface area contributed by atoms with Crippen molar-refractivity contribution in [1.82, 2.24) is 0 Å². The molecule has 0 aromatic heterocycles. The van der Waals surface area contributed by atoms with Gasteiger partial charge in [0.1, 0.15) is 18.8 Å². The normalized spacial score (nSPS) is 12.9. The summed E-state index contributed by atoms with van der Waals surface area (Å²) >= 11 is 0. The molecule has 0 aliphatic heterocycles. The topological polar surface area (TPSA) is 139 Å². The summed E-state index contributed by atoms with van der Waals surface area (Å²) in [6, 6.07) is 10.6. The lowest BCUT2D eigenvalue weighted by molar-refractivity contribution is -0.144. The lowest BCUT2D eigenvalue weighted by atomic mass is 10.0. The van der Waals surface area contributed by atoms with E-state index in [4.69, 9.17) is 10.5 Å². The first-order valence-electron chi connectivity index (χ1n) is 7.26. The van der Waals surface area contributed by atoms with E-state index in [-0.39, 0.29) is 12.2 Å². The fraction of sp³-hybridized carbons (Fsp3) is 0.176. The number of phenolic OH excluding ortho intramolecular Hbond substituents is 2. The molecule has 8 nitrogen and oxygen atoms in total. The van der Waals surface area contributed by atoms with Crippen LogP contribution in [0.25, 0.3) is 0 Å². The molecule has 5 N–H and O–H groups in total. The van der Waals surface area contributed by atoms with Gasteiger partial charge < -0.3 is 30.5 Å². The Morgan fingerprint density at radius 2 is 1.72 bits per heavy atom. The molecule has 0 heterocycles. The second-order valence-corrected chi connectivity index (χ2v) is 5.16. The molecule has 0 saturated heterocycles. The maximum atomic E-state index is 11.8. The van der Waals surface area contributed by atoms with Crippen LogP contribution in [-0.2, 0) is 20.9 Å². The van der Waals surface area contributed by atoms with Crippen molar-refractivity contribution in [1.29, 1.82) is 0 Å². The van der Waals surface area contributed by atoms with E-state index < -0.39 is 35.8 Å².